The molecule has 0 aliphatic heterocycles. The second kappa shape index (κ2) is 7.48. The van der Waals surface area contributed by atoms with Crippen LogP contribution in [0.25, 0.3) is 5.57 Å². The topological polar surface area (TPSA) is 12.0 Å². The molecule has 0 fully saturated rings. The molecule has 0 atom stereocenters. The number of rotatable bonds is 6. The summed E-state index contributed by atoms with van der Waals surface area (Å²) >= 11 is 5.95. The van der Waals surface area contributed by atoms with Gasteiger partial charge in [0.1, 0.15) is 0 Å². The van der Waals surface area contributed by atoms with Gasteiger partial charge in [0, 0.05) is 5.02 Å². The number of halogens is 1. The molecule has 88 valence electrons. The number of nitrogens with one attached hydrogen (secondary N) is 1. The quantitative estimate of drug-likeness (QED) is 0.734. The van der Waals surface area contributed by atoms with Gasteiger partial charge in [-0.3, -0.25) is 0 Å². The van der Waals surface area contributed by atoms with Crippen LogP contribution in [0, 0.1) is 0 Å². The summed E-state index contributed by atoms with van der Waals surface area (Å²) in [6.07, 6.45) is 4.52. The van der Waals surface area contributed by atoms with Crippen molar-refractivity contribution in [3.8, 4) is 0 Å². The van der Waals surface area contributed by atoms with Crippen LogP contribution in [0.2, 0.25) is 5.02 Å². The summed E-state index contributed by atoms with van der Waals surface area (Å²) in [5, 5.41) is 4.18. The molecule has 2 heteroatoms. The van der Waals surface area contributed by atoms with E-state index in [9.17, 15) is 0 Å². The average molecular weight is 238 g/mol. The third-order valence-corrected chi connectivity index (χ3v) is 2.71. The van der Waals surface area contributed by atoms with E-state index >= 15 is 0 Å². The van der Waals surface area contributed by atoms with Crippen molar-refractivity contribution in [1.82, 2.24) is 5.32 Å². The summed E-state index contributed by atoms with van der Waals surface area (Å²) in [4.78, 5) is 0. The van der Waals surface area contributed by atoms with Crippen LogP contribution in [0.4, 0.5) is 0 Å². The van der Waals surface area contributed by atoms with Crippen molar-refractivity contribution in [2.45, 2.75) is 26.7 Å². The largest absolute Gasteiger partial charge is 0.316 e. The van der Waals surface area contributed by atoms with Crippen molar-refractivity contribution in [2.24, 2.45) is 0 Å². The lowest BCUT2D eigenvalue weighted by Crippen LogP contribution is -2.15. The second-order valence-corrected chi connectivity index (χ2v) is 4.37. The Morgan fingerprint density at radius 2 is 2.19 bits per heavy atom. The SMILES string of the molecule is CCCNCCC=C(C)c1cccc(Cl)c1. The predicted octanol–water partition coefficient (Wildman–Crippen LogP) is 4.13. The molecule has 0 bridgehead atoms. The van der Waals surface area contributed by atoms with Gasteiger partial charge in [-0.15, -0.1) is 0 Å². The molecule has 0 saturated carbocycles. The van der Waals surface area contributed by atoms with Crippen LogP contribution in [0.15, 0.2) is 30.3 Å². The Morgan fingerprint density at radius 1 is 1.38 bits per heavy atom. The summed E-state index contributed by atoms with van der Waals surface area (Å²) < 4.78 is 0. The Hall–Kier alpha value is -0.790. The van der Waals surface area contributed by atoms with Gasteiger partial charge in [-0.05, 0) is 56.1 Å². The summed E-state index contributed by atoms with van der Waals surface area (Å²) in [6.45, 7) is 6.46. The zero-order chi connectivity index (χ0) is 11.8. The van der Waals surface area contributed by atoms with E-state index in [-0.39, 0.29) is 0 Å². The van der Waals surface area contributed by atoms with E-state index in [1.165, 1.54) is 17.6 Å². The lowest BCUT2D eigenvalue weighted by Gasteiger charge is -2.03. The maximum absolute atomic E-state index is 5.95. The first-order valence-electron chi connectivity index (χ1n) is 5.87. The molecule has 1 nitrogen and oxygen atoms in total. The van der Waals surface area contributed by atoms with Crippen LogP contribution in [-0.4, -0.2) is 13.1 Å². The fourth-order valence-corrected chi connectivity index (χ4v) is 1.73. The van der Waals surface area contributed by atoms with Gasteiger partial charge >= 0.3 is 0 Å². The van der Waals surface area contributed by atoms with E-state index in [2.05, 4.69) is 31.3 Å². The van der Waals surface area contributed by atoms with Crippen LogP contribution in [-0.2, 0) is 0 Å². The number of allylic oxidation sites excluding steroid dienone is 1. The van der Waals surface area contributed by atoms with E-state index in [4.69, 9.17) is 11.6 Å². The maximum atomic E-state index is 5.95. The highest BCUT2D eigenvalue weighted by Gasteiger charge is 1.95. The Morgan fingerprint density at radius 3 is 2.88 bits per heavy atom. The fourth-order valence-electron chi connectivity index (χ4n) is 1.54. The molecule has 0 spiro atoms. The normalized spacial score (nSPS) is 11.8. The smallest absolute Gasteiger partial charge is 0.0412 e. The van der Waals surface area contributed by atoms with Gasteiger partial charge in [0.05, 0.1) is 0 Å². The molecule has 0 unspecified atom stereocenters. The minimum Gasteiger partial charge on any atom is -0.316 e. The van der Waals surface area contributed by atoms with Crippen molar-refractivity contribution < 1.29 is 0 Å². The second-order valence-electron chi connectivity index (χ2n) is 3.94. The Labute approximate surface area is 104 Å². The van der Waals surface area contributed by atoms with Gasteiger partial charge in [0.25, 0.3) is 0 Å². The highest BCUT2D eigenvalue weighted by Crippen LogP contribution is 2.18. The van der Waals surface area contributed by atoms with E-state index in [0.29, 0.717) is 0 Å². The molecule has 0 amide bonds. The number of benzene rings is 1. The monoisotopic (exact) mass is 237 g/mol. The van der Waals surface area contributed by atoms with Crippen LogP contribution in [0.1, 0.15) is 32.3 Å². The highest BCUT2D eigenvalue weighted by molar-refractivity contribution is 6.30. The first-order valence-corrected chi connectivity index (χ1v) is 6.25. The molecule has 1 aromatic rings. The standard InChI is InChI=1S/C14H20ClN/c1-3-9-16-10-5-6-12(2)13-7-4-8-14(15)11-13/h4,6-8,11,16H,3,5,9-10H2,1-2H3. The molecule has 0 saturated heterocycles. The van der Waals surface area contributed by atoms with Crippen LogP contribution >= 0.6 is 11.6 Å². The zero-order valence-electron chi connectivity index (χ0n) is 10.1. The van der Waals surface area contributed by atoms with Crippen molar-refractivity contribution >= 4 is 17.2 Å². The van der Waals surface area contributed by atoms with Gasteiger partial charge in [0.15, 0.2) is 0 Å². The van der Waals surface area contributed by atoms with E-state index in [0.717, 1.165) is 24.5 Å². The predicted molar refractivity (Wildman–Crippen MR) is 72.9 cm³/mol. The molecule has 1 rings (SSSR count). The molecule has 1 aromatic carbocycles. The van der Waals surface area contributed by atoms with Crippen LogP contribution in [0.5, 0.6) is 0 Å². The molecule has 0 aromatic heterocycles. The lowest BCUT2D eigenvalue weighted by molar-refractivity contribution is 0.678. The Kier molecular flexibility index (Phi) is 6.20. The summed E-state index contributed by atoms with van der Waals surface area (Å²) in [5.74, 6) is 0. The highest BCUT2D eigenvalue weighted by atomic mass is 35.5. The minimum atomic E-state index is 0.800. The van der Waals surface area contributed by atoms with Crippen molar-refractivity contribution in [1.29, 1.82) is 0 Å². The molecule has 0 aliphatic carbocycles. The molecule has 0 radical (unpaired) electrons. The third-order valence-electron chi connectivity index (χ3n) is 2.48. The summed E-state index contributed by atoms with van der Waals surface area (Å²) in [5.41, 5.74) is 2.50. The van der Waals surface area contributed by atoms with E-state index < -0.39 is 0 Å². The molecular weight excluding hydrogens is 218 g/mol. The van der Waals surface area contributed by atoms with Gasteiger partial charge in [0.2, 0.25) is 0 Å². The summed E-state index contributed by atoms with van der Waals surface area (Å²) in [6, 6.07) is 8.00. The van der Waals surface area contributed by atoms with Crippen molar-refractivity contribution in [2.75, 3.05) is 13.1 Å². The number of hydrogen-bond acceptors (Lipinski definition) is 1. The van der Waals surface area contributed by atoms with Crippen LogP contribution < -0.4 is 5.32 Å². The fraction of sp³-hybridized carbons (Fsp3) is 0.429. The molecule has 16 heavy (non-hydrogen) atoms. The Bertz CT molecular complexity index is 344. The first kappa shape index (κ1) is 13.3. The van der Waals surface area contributed by atoms with E-state index in [1.807, 2.05) is 18.2 Å². The molecule has 1 N–H and O–H groups in total. The first-order chi connectivity index (χ1) is 7.74. The molecule has 0 aliphatic rings. The number of hydrogen-bond donors (Lipinski definition) is 1. The van der Waals surface area contributed by atoms with Gasteiger partial charge in [-0.2, -0.15) is 0 Å². The maximum Gasteiger partial charge on any atom is 0.0412 e. The minimum absolute atomic E-state index is 0.800. The molecule has 0 heterocycles. The Balaban J connectivity index is 2.44. The average Bonchev–Trinajstić information content (AvgIpc) is 2.28. The van der Waals surface area contributed by atoms with Crippen molar-refractivity contribution in [3.63, 3.8) is 0 Å². The third kappa shape index (κ3) is 4.82. The van der Waals surface area contributed by atoms with Gasteiger partial charge in [-0.1, -0.05) is 36.7 Å². The van der Waals surface area contributed by atoms with E-state index in [1.54, 1.807) is 0 Å². The van der Waals surface area contributed by atoms with Gasteiger partial charge < -0.3 is 5.32 Å². The zero-order valence-corrected chi connectivity index (χ0v) is 10.8. The molecular formula is C14H20ClN. The van der Waals surface area contributed by atoms with Gasteiger partial charge in [-0.25, -0.2) is 0 Å². The van der Waals surface area contributed by atoms with Crippen LogP contribution in [0.3, 0.4) is 0 Å². The lowest BCUT2D eigenvalue weighted by atomic mass is 10.1. The summed E-state index contributed by atoms with van der Waals surface area (Å²) in [7, 11) is 0. The van der Waals surface area contributed by atoms with Crippen molar-refractivity contribution in [3.05, 3.63) is 40.9 Å².